The summed E-state index contributed by atoms with van der Waals surface area (Å²) >= 11 is 0. The summed E-state index contributed by atoms with van der Waals surface area (Å²) in [5, 5.41) is 6.10. The number of carbonyl (C=O) groups excluding carboxylic acids is 1. The molecule has 0 aliphatic carbocycles. The Morgan fingerprint density at radius 2 is 1.60 bits per heavy atom. The van der Waals surface area contributed by atoms with Crippen LogP contribution in [0.4, 0.5) is 13.2 Å². The first-order valence-electron chi connectivity index (χ1n) is 11.2. The van der Waals surface area contributed by atoms with Gasteiger partial charge in [0.15, 0.2) is 11.5 Å². The summed E-state index contributed by atoms with van der Waals surface area (Å²) in [5.41, 5.74) is 1.47. The van der Waals surface area contributed by atoms with Crippen LogP contribution in [0.1, 0.15) is 40.8 Å². The van der Waals surface area contributed by atoms with E-state index in [0.717, 1.165) is 17.2 Å². The van der Waals surface area contributed by atoms with Gasteiger partial charge >= 0.3 is 6.18 Å². The van der Waals surface area contributed by atoms with E-state index < -0.39 is 17.8 Å². The second-order valence-electron chi connectivity index (χ2n) is 8.03. The smallest absolute Gasteiger partial charge is 0.416 e. The maximum atomic E-state index is 13.2. The summed E-state index contributed by atoms with van der Waals surface area (Å²) in [7, 11) is 4.63. The molecule has 0 radical (unpaired) electrons. The van der Waals surface area contributed by atoms with Crippen molar-refractivity contribution in [1.29, 1.82) is 0 Å². The summed E-state index contributed by atoms with van der Waals surface area (Å²) in [5.74, 6) is 0.853. The Balaban J connectivity index is 1.95. The van der Waals surface area contributed by atoms with E-state index in [1.165, 1.54) is 26.4 Å². The van der Waals surface area contributed by atoms with Crippen molar-refractivity contribution >= 4 is 5.91 Å². The molecule has 2 N–H and O–H groups in total. The number of hydrogen-bond donors (Lipinski definition) is 2. The molecular formula is C27H29F3N2O3. The first kappa shape index (κ1) is 26.1. The van der Waals surface area contributed by atoms with E-state index in [-0.39, 0.29) is 11.9 Å². The third kappa shape index (κ3) is 6.76. The molecule has 5 nitrogen and oxygen atoms in total. The van der Waals surface area contributed by atoms with E-state index >= 15 is 0 Å². The van der Waals surface area contributed by atoms with Crippen LogP contribution < -0.4 is 20.1 Å². The van der Waals surface area contributed by atoms with Gasteiger partial charge in [-0.15, -0.1) is 0 Å². The lowest BCUT2D eigenvalue weighted by molar-refractivity contribution is -0.137. The first-order chi connectivity index (χ1) is 16.8. The summed E-state index contributed by atoms with van der Waals surface area (Å²) < 4.78 is 50.4. The van der Waals surface area contributed by atoms with E-state index in [9.17, 15) is 18.0 Å². The van der Waals surface area contributed by atoms with Gasteiger partial charge in [-0.3, -0.25) is 10.1 Å². The zero-order valence-electron chi connectivity index (χ0n) is 19.9. The minimum atomic E-state index is -4.41. The van der Waals surface area contributed by atoms with Crippen molar-refractivity contribution in [2.75, 3.05) is 21.3 Å². The van der Waals surface area contributed by atoms with Gasteiger partial charge in [-0.25, -0.2) is 0 Å². The zero-order valence-corrected chi connectivity index (χ0v) is 19.9. The number of nitrogens with one attached hydrogen (secondary N) is 2. The van der Waals surface area contributed by atoms with E-state index in [0.29, 0.717) is 29.9 Å². The predicted octanol–water partition coefficient (Wildman–Crippen LogP) is 5.47. The molecule has 0 aliphatic rings. The van der Waals surface area contributed by atoms with Crippen LogP contribution in [0.3, 0.4) is 0 Å². The molecule has 0 saturated carbocycles. The second kappa shape index (κ2) is 11.8. The normalized spacial score (nSPS) is 13.1. The van der Waals surface area contributed by atoms with Gasteiger partial charge in [-0.05, 0) is 47.7 Å². The molecule has 3 aromatic rings. The van der Waals surface area contributed by atoms with Gasteiger partial charge in [0.2, 0.25) is 5.91 Å². The number of aryl methyl sites for hydroxylation is 1. The topological polar surface area (TPSA) is 59.6 Å². The van der Waals surface area contributed by atoms with Gasteiger partial charge in [0.25, 0.3) is 0 Å². The van der Waals surface area contributed by atoms with Gasteiger partial charge < -0.3 is 14.8 Å². The lowest BCUT2D eigenvalue weighted by Crippen LogP contribution is -2.38. The second-order valence-corrected chi connectivity index (χ2v) is 8.03. The van der Waals surface area contributed by atoms with Gasteiger partial charge in [-0.1, -0.05) is 54.6 Å². The summed E-state index contributed by atoms with van der Waals surface area (Å²) in [6.45, 7) is 0. The van der Waals surface area contributed by atoms with E-state index in [1.807, 2.05) is 42.5 Å². The third-order valence-corrected chi connectivity index (χ3v) is 5.80. The van der Waals surface area contributed by atoms with Gasteiger partial charge in [0, 0.05) is 13.1 Å². The number of amides is 1. The molecule has 3 rings (SSSR count). The van der Waals surface area contributed by atoms with Crippen molar-refractivity contribution in [1.82, 2.24) is 10.6 Å². The molecule has 0 aliphatic heterocycles. The number of halogens is 3. The monoisotopic (exact) mass is 486 g/mol. The SMILES string of the molecule is CNC(=O)[C@@H](N[C@H](CCc1cccc(C(F)(F)F)c1)c1ccc(OC)c(OC)c1)c1ccccc1. The Kier molecular flexibility index (Phi) is 8.76. The van der Waals surface area contributed by atoms with Crippen molar-refractivity contribution in [3.05, 3.63) is 95.1 Å². The number of rotatable bonds is 10. The third-order valence-electron chi connectivity index (χ3n) is 5.80. The average Bonchev–Trinajstić information content (AvgIpc) is 2.88. The highest BCUT2D eigenvalue weighted by Crippen LogP contribution is 2.34. The van der Waals surface area contributed by atoms with Gasteiger partial charge in [-0.2, -0.15) is 13.2 Å². The number of alkyl halides is 3. The van der Waals surface area contributed by atoms with Crippen molar-refractivity contribution in [3.8, 4) is 11.5 Å². The molecule has 0 unspecified atom stereocenters. The highest BCUT2D eigenvalue weighted by molar-refractivity contribution is 5.83. The Hall–Kier alpha value is -3.52. The minimum absolute atomic E-state index is 0.222. The highest BCUT2D eigenvalue weighted by atomic mass is 19.4. The molecule has 2 atom stereocenters. The Labute approximate surface area is 203 Å². The molecule has 0 bridgehead atoms. The van der Waals surface area contributed by atoms with Crippen molar-refractivity contribution in [3.63, 3.8) is 0 Å². The lowest BCUT2D eigenvalue weighted by Gasteiger charge is -2.26. The number of likely N-dealkylation sites (N-methyl/N-ethyl adjacent to an activating group) is 1. The van der Waals surface area contributed by atoms with Crippen LogP contribution in [0, 0.1) is 0 Å². The highest BCUT2D eigenvalue weighted by Gasteiger charge is 2.30. The fraction of sp³-hybridized carbons (Fsp3) is 0.296. The van der Waals surface area contributed by atoms with Crippen molar-refractivity contribution in [2.24, 2.45) is 0 Å². The maximum Gasteiger partial charge on any atom is 0.416 e. The molecule has 0 saturated heterocycles. The maximum absolute atomic E-state index is 13.2. The van der Waals surface area contributed by atoms with E-state index in [4.69, 9.17) is 9.47 Å². The first-order valence-corrected chi connectivity index (χ1v) is 11.2. The average molecular weight is 487 g/mol. The van der Waals surface area contributed by atoms with Crippen LogP contribution in [0.2, 0.25) is 0 Å². The largest absolute Gasteiger partial charge is 0.493 e. The van der Waals surface area contributed by atoms with Crippen LogP contribution in [0.25, 0.3) is 0 Å². The van der Waals surface area contributed by atoms with Crippen LogP contribution in [0.15, 0.2) is 72.8 Å². The number of hydrogen-bond acceptors (Lipinski definition) is 4. The Bertz CT molecular complexity index is 1120. The molecule has 0 aromatic heterocycles. The Morgan fingerprint density at radius 1 is 0.886 bits per heavy atom. The van der Waals surface area contributed by atoms with Crippen molar-refractivity contribution < 1.29 is 27.4 Å². The molecule has 1 amide bonds. The van der Waals surface area contributed by atoms with Crippen LogP contribution in [-0.2, 0) is 17.4 Å². The van der Waals surface area contributed by atoms with Gasteiger partial charge in [0.05, 0.1) is 19.8 Å². The Morgan fingerprint density at radius 3 is 2.23 bits per heavy atom. The van der Waals surface area contributed by atoms with E-state index in [2.05, 4.69) is 10.6 Å². The number of methoxy groups -OCH3 is 2. The summed E-state index contributed by atoms with van der Waals surface area (Å²) in [4.78, 5) is 12.8. The molecular weight excluding hydrogens is 457 g/mol. The number of ether oxygens (including phenoxy) is 2. The molecule has 0 fully saturated rings. The zero-order chi connectivity index (χ0) is 25.4. The molecule has 35 heavy (non-hydrogen) atoms. The van der Waals surface area contributed by atoms with E-state index in [1.54, 1.807) is 19.2 Å². The van der Waals surface area contributed by atoms with Crippen LogP contribution in [0.5, 0.6) is 11.5 Å². The predicted molar refractivity (Wildman–Crippen MR) is 128 cm³/mol. The minimum Gasteiger partial charge on any atom is -0.493 e. The number of carbonyl (C=O) groups is 1. The molecule has 0 spiro atoms. The fourth-order valence-corrected chi connectivity index (χ4v) is 3.94. The van der Waals surface area contributed by atoms with Crippen LogP contribution in [-0.4, -0.2) is 27.2 Å². The summed E-state index contributed by atoms with van der Waals surface area (Å²) in [6, 6.07) is 19.0. The molecule has 8 heteroatoms. The van der Waals surface area contributed by atoms with Crippen LogP contribution >= 0.6 is 0 Å². The standard InChI is InChI=1S/C27H29F3N2O3/c1-31-26(33)25(19-9-5-4-6-10-19)32-22(20-13-15-23(34-2)24(17-20)35-3)14-12-18-8-7-11-21(16-18)27(28,29)30/h4-11,13,15-17,22,25,32H,12,14H2,1-3H3,(H,31,33)/t22-,25+/m1/s1. The van der Waals surface area contributed by atoms with Crippen molar-refractivity contribution in [2.45, 2.75) is 31.1 Å². The quantitative estimate of drug-likeness (QED) is 0.399. The lowest BCUT2D eigenvalue weighted by atomic mass is 9.95. The molecule has 0 heterocycles. The van der Waals surface area contributed by atoms with Gasteiger partial charge in [0.1, 0.15) is 6.04 Å². The fourth-order valence-electron chi connectivity index (χ4n) is 3.94. The molecule has 186 valence electrons. The number of benzene rings is 3. The summed E-state index contributed by atoms with van der Waals surface area (Å²) in [6.07, 6.45) is -3.60. The molecule has 3 aromatic carbocycles.